The monoisotopic (exact) mass is 304 g/mol. The molecule has 0 amide bonds. The van der Waals surface area contributed by atoms with Crippen molar-refractivity contribution in [2.75, 3.05) is 6.54 Å². The molecule has 1 aromatic carbocycles. The first-order chi connectivity index (χ1) is 8.79. The molecule has 92 valence electrons. The Balaban J connectivity index is 2.14. The minimum Gasteiger partial charge on any atom is -0.360 e. The van der Waals surface area contributed by atoms with Gasteiger partial charge in [-0.05, 0) is 28.5 Å². The number of rotatable bonds is 3. The lowest BCUT2D eigenvalue weighted by Gasteiger charge is -1.95. The maximum atomic E-state index is 5.55. The van der Waals surface area contributed by atoms with Crippen LogP contribution in [-0.2, 0) is 6.42 Å². The van der Waals surface area contributed by atoms with Crippen LogP contribution in [0.25, 0.3) is 22.2 Å². The molecular formula is C13H13BrN4. The smallest absolute Gasteiger partial charge is 0.110 e. The second-order valence-electron chi connectivity index (χ2n) is 4.13. The molecule has 0 bridgehead atoms. The summed E-state index contributed by atoms with van der Waals surface area (Å²) in [5, 5.41) is 1.17. The summed E-state index contributed by atoms with van der Waals surface area (Å²) in [5.41, 5.74) is 8.68. The number of aromatic nitrogens is 3. The summed E-state index contributed by atoms with van der Waals surface area (Å²) in [6.45, 7) is 0.591. The molecule has 2 heterocycles. The zero-order valence-corrected chi connectivity index (χ0v) is 11.3. The Labute approximate surface area is 113 Å². The number of para-hydroxylation sites is 1. The van der Waals surface area contributed by atoms with Crippen molar-refractivity contribution in [2.45, 2.75) is 6.42 Å². The number of nitrogens with zero attached hydrogens (tertiary/aromatic N) is 1. The minimum atomic E-state index is 0.591. The van der Waals surface area contributed by atoms with Gasteiger partial charge in [-0.2, -0.15) is 0 Å². The highest BCUT2D eigenvalue weighted by molar-refractivity contribution is 9.10. The number of imidazole rings is 1. The Morgan fingerprint density at radius 3 is 2.94 bits per heavy atom. The van der Waals surface area contributed by atoms with Crippen LogP contribution in [0.4, 0.5) is 0 Å². The molecule has 18 heavy (non-hydrogen) atoms. The van der Waals surface area contributed by atoms with E-state index in [0.29, 0.717) is 6.54 Å². The van der Waals surface area contributed by atoms with Crippen LogP contribution in [0.3, 0.4) is 0 Å². The molecule has 4 nitrogen and oxygen atoms in total. The number of benzene rings is 1. The summed E-state index contributed by atoms with van der Waals surface area (Å²) in [6, 6.07) is 8.19. The first-order valence-corrected chi connectivity index (χ1v) is 6.60. The van der Waals surface area contributed by atoms with Gasteiger partial charge in [0.1, 0.15) is 16.1 Å². The van der Waals surface area contributed by atoms with Gasteiger partial charge in [-0.15, -0.1) is 0 Å². The van der Waals surface area contributed by atoms with Crippen molar-refractivity contribution in [2.24, 2.45) is 5.73 Å². The van der Waals surface area contributed by atoms with Crippen LogP contribution in [-0.4, -0.2) is 21.5 Å². The maximum Gasteiger partial charge on any atom is 0.110 e. The second-order valence-corrected chi connectivity index (χ2v) is 4.93. The van der Waals surface area contributed by atoms with E-state index in [1.54, 1.807) is 0 Å². The molecule has 0 aliphatic carbocycles. The average molecular weight is 305 g/mol. The lowest BCUT2D eigenvalue weighted by molar-refractivity contribution is 0.893. The average Bonchev–Trinajstić information content (AvgIpc) is 2.93. The second kappa shape index (κ2) is 4.59. The minimum absolute atomic E-state index is 0.591. The largest absolute Gasteiger partial charge is 0.360 e. The normalized spacial score (nSPS) is 11.2. The van der Waals surface area contributed by atoms with E-state index in [-0.39, 0.29) is 0 Å². The van der Waals surface area contributed by atoms with Crippen molar-refractivity contribution < 1.29 is 0 Å². The molecule has 0 radical (unpaired) electrons. The Morgan fingerprint density at radius 2 is 2.11 bits per heavy atom. The standard InChI is InChI=1S/C13H13BrN4/c14-13-12(17-11(18-13)5-6-15)9-7-16-10-4-2-1-3-8(9)10/h1-4,7,16H,5-6,15H2,(H,17,18). The Bertz CT molecular complexity index is 683. The Kier molecular flexibility index (Phi) is 2.93. The van der Waals surface area contributed by atoms with Crippen molar-refractivity contribution in [3.63, 3.8) is 0 Å². The molecule has 0 spiro atoms. The third kappa shape index (κ3) is 1.85. The van der Waals surface area contributed by atoms with Gasteiger partial charge in [0.15, 0.2) is 0 Å². The lowest BCUT2D eigenvalue weighted by Crippen LogP contribution is -2.03. The predicted octanol–water partition coefficient (Wildman–Crippen LogP) is 2.82. The van der Waals surface area contributed by atoms with Crippen LogP contribution in [0.2, 0.25) is 0 Å². The molecule has 2 aromatic heterocycles. The molecule has 0 fully saturated rings. The number of halogens is 1. The van der Waals surface area contributed by atoms with E-state index >= 15 is 0 Å². The zero-order valence-electron chi connectivity index (χ0n) is 9.70. The van der Waals surface area contributed by atoms with E-state index < -0.39 is 0 Å². The summed E-state index contributed by atoms with van der Waals surface area (Å²) in [7, 11) is 0. The number of fused-ring (bicyclic) bond motifs is 1. The van der Waals surface area contributed by atoms with Crippen molar-refractivity contribution >= 4 is 26.8 Å². The summed E-state index contributed by atoms with van der Waals surface area (Å²) in [5.74, 6) is 0.907. The number of H-pyrrole nitrogens is 2. The number of aromatic amines is 2. The SMILES string of the molecule is NCCc1nc(-c2c[nH]c3ccccc23)c(Br)[nH]1. The van der Waals surface area contributed by atoms with E-state index in [2.05, 4.69) is 43.0 Å². The van der Waals surface area contributed by atoms with Crippen molar-refractivity contribution in [1.29, 1.82) is 0 Å². The first kappa shape index (κ1) is 11.5. The molecule has 0 saturated carbocycles. The van der Waals surface area contributed by atoms with Gasteiger partial charge >= 0.3 is 0 Å². The van der Waals surface area contributed by atoms with E-state index in [9.17, 15) is 0 Å². The third-order valence-corrected chi connectivity index (χ3v) is 3.51. The van der Waals surface area contributed by atoms with Gasteiger partial charge in [-0.3, -0.25) is 0 Å². The molecule has 0 atom stereocenters. The number of nitrogens with two attached hydrogens (primary N) is 1. The van der Waals surface area contributed by atoms with Crippen LogP contribution in [0, 0.1) is 0 Å². The van der Waals surface area contributed by atoms with Crippen molar-refractivity contribution in [3.8, 4) is 11.3 Å². The lowest BCUT2D eigenvalue weighted by atomic mass is 10.1. The fraction of sp³-hybridized carbons (Fsp3) is 0.154. The molecule has 0 aliphatic heterocycles. The number of nitrogens with one attached hydrogen (secondary N) is 2. The van der Waals surface area contributed by atoms with Crippen LogP contribution in [0.15, 0.2) is 35.1 Å². The highest BCUT2D eigenvalue weighted by atomic mass is 79.9. The van der Waals surface area contributed by atoms with E-state index in [1.165, 1.54) is 5.39 Å². The van der Waals surface area contributed by atoms with Crippen LogP contribution >= 0.6 is 15.9 Å². The van der Waals surface area contributed by atoms with E-state index in [4.69, 9.17) is 5.73 Å². The summed E-state index contributed by atoms with van der Waals surface area (Å²) in [6.07, 6.45) is 2.73. The molecule has 0 saturated heterocycles. The van der Waals surface area contributed by atoms with Crippen molar-refractivity contribution in [1.82, 2.24) is 15.0 Å². The highest BCUT2D eigenvalue weighted by Crippen LogP contribution is 2.32. The van der Waals surface area contributed by atoms with Gasteiger partial charge in [-0.25, -0.2) is 4.98 Å². The summed E-state index contributed by atoms with van der Waals surface area (Å²) < 4.78 is 0.899. The van der Waals surface area contributed by atoms with Gasteiger partial charge in [0, 0.05) is 29.1 Å². The van der Waals surface area contributed by atoms with Gasteiger partial charge in [0.25, 0.3) is 0 Å². The predicted molar refractivity (Wildman–Crippen MR) is 76.3 cm³/mol. The molecule has 5 heteroatoms. The van der Waals surface area contributed by atoms with E-state index in [1.807, 2.05) is 18.3 Å². The summed E-state index contributed by atoms with van der Waals surface area (Å²) in [4.78, 5) is 11.1. The fourth-order valence-electron chi connectivity index (χ4n) is 2.10. The van der Waals surface area contributed by atoms with Gasteiger partial charge < -0.3 is 15.7 Å². The van der Waals surface area contributed by atoms with Crippen LogP contribution in [0.5, 0.6) is 0 Å². The van der Waals surface area contributed by atoms with Crippen LogP contribution in [0.1, 0.15) is 5.82 Å². The molecule has 4 N–H and O–H groups in total. The molecule has 3 aromatic rings. The molecule has 0 aliphatic rings. The number of hydrogen-bond acceptors (Lipinski definition) is 2. The topological polar surface area (TPSA) is 70.5 Å². The maximum absolute atomic E-state index is 5.55. The highest BCUT2D eigenvalue weighted by Gasteiger charge is 2.13. The van der Waals surface area contributed by atoms with Crippen LogP contribution < -0.4 is 5.73 Å². The summed E-state index contributed by atoms with van der Waals surface area (Å²) >= 11 is 3.52. The van der Waals surface area contributed by atoms with Gasteiger partial charge in [0.05, 0.1) is 0 Å². The first-order valence-electron chi connectivity index (χ1n) is 5.80. The van der Waals surface area contributed by atoms with Gasteiger partial charge in [-0.1, -0.05) is 18.2 Å². The quantitative estimate of drug-likeness (QED) is 0.696. The molecule has 3 rings (SSSR count). The van der Waals surface area contributed by atoms with Gasteiger partial charge in [0.2, 0.25) is 0 Å². The Morgan fingerprint density at radius 1 is 1.28 bits per heavy atom. The Hall–Kier alpha value is -1.59. The third-order valence-electron chi connectivity index (χ3n) is 2.93. The fourth-order valence-corrected chi connectivity index (χ4v) is 2.63. The number of hydrogen-bond donors (Lipinski definition) is 3. The zero-order chi connectivity index (χ0) is 12.5. The molecular weight excluding hydrogens is 292 g/mol. The molecule has 0 unspecified atom stereocenters. The van der Waals surface area contributed by atoms with E-state index in [0.717, 1.165) is 33.6 Å². The van der Waals surface area contributed by atoms with Crippen molar-refractivity contribution in [3.05, 3.63) is 40.9 Å².